The molecule has 0 amide bonds. The molecular weight excluding hydrogens is 224 g/mol. The first-order chi connectivity index (χ1) is 7.38. The molecule has 2 nitrogen and oxygen atoms in total. The molecule has 2 aromatic heterocycles. The van der Waals surface area contributed by atoms with Gasteiger partial charge in [0.25, 0.3) is 0 Å². The summed E-state index contributed by atoms with van der Waals surface area (Å²) in [7, 11) is 0. The molecule has 0 aliphatic carbocycles. The summed E-state index contributed by atoms with van der Waals surface area (Å²) in [5, 5.41) is 5.47. The van der Waals surface area contributed by atoms with E-state index in [-0.39, 0.29) is 0 Å². The number of hydrogen-bond acceptors (Lipinski definition) is 4. The van der Waals surface area contributed by atoms with Crippen molar-refractivity contribution in [3.63, 3.8) is 0 Å². The van der Waals surface area contributed by atoms with E-state index >= 15 is 0 Å². The Kier molecular flexibility index (Phi) is 3.88. The molecule has 80 valence electrons. The van der Waals surface area contributed by atoms with Crippen molar-refractivity contribution < 1.29 is 0 Å². The van der Waals surface area contributed by atoms with Crippen molar-refractivity contribution in [2.75, 3.05) is 6.54 Å². The van der Waals surface area contributed by atoms with E-state index in [2.05, 4.69) is 27.9 Å². The molecule has 0 spiro atoms. The molecule has 0 aromatic carbocycles. The van der Waals surface area contributed by atoms with Crippen LogP contribution in [0, 0.1) is 0 Å². The van der Waals surface area contributed by atoms with Gasteiger partial charge in [0.2, 0.25) is 0 Å². The highest BCUT2D eigenvalue weighted by Crippen LogP contribution is 2.15. The van der Waals surface area contributed by atoms with Gasteiger partial charge in [-0.1, -0.05) is 6.07 Å². The third-order valence-electron chi connectivity index (χ3n) is 2.17. The maximum absolute atomic E-state index is 5.49. The number of aromatic nitrogens is 1. The molecule has 0 aliphatic rings. The van der Waals surface area contributed by atoms with Crippen LogP contribution in [-0.2, 0) is 19.3 Å². The highest BCUT2D eigenvalue weighted by atomic mass is 32.1. The number of nitrogens with zero attached hydrogens (tertiary/aromatic N) is 1. The average Bonchev–Trinajstić information content (AvgIpc) is 2.85. The highest BCUT2D eigenvalue weighted by Gasteiger charge is 2.02. The van der Waals surface area contributed by atoms with Gasteiger partial charge in [0.05, 0.1) is 10.7 Å². The molecule has 2 rings (SSSR count). The van der Waals surface area contributed by atoms with E-state index in [4.69, 9.17) is 5.73 Å². The second kappa shape index (κ2) is 5.39. The number of rotatable bonds is 5. The fraction of sp³-hybridized carbons (Fsp3) is 0.364. The maximum atomic E-state index is 5.49. The predicted octanol–water partition coefficient (Wildman–Crippen LogP) is 2.49. The molecule has 0 saturated heterocycles. The Balaban J connectivity index is 1.88. The lowest BCUT2D eigenvalue weighted by atomic mass is 10.3. The Morgan fingerprint density at radius 2 is 2.13 bits per heavy atom. The molecule has 2 aromatic rings. The fourth-order valence-corrected chi connectivity index (χ4v) is 2.95. The highest BCUT2D eigenvalue weighted by molar-refractivity contribution is 7.10. The van der Waals surface area contributed by atoms with E-state index < -0.39 is 0 Å². The summed E-state index contributed by atoms with van der Waals surface area (Å²) >= 11 is 3.57. The van der Waals surface area contributed by atoms with E-state index in [0.29, 0.717) is 6.54 Å². The van der Waals surface area contributed by atoms with Crippen LogP contribution in [0.5, 0.6) is 0 Å². The molecular formula is C11H14N2S2. The number of thiophene rings is 1. The Bertz CT molecular complexity index is 392. The molecule has 0 fully saturated rings. The molecule has 0 saturated carbocycles. The average molecular weight is 238 g/mol. The third kappa shape index (κ3) is 3.12. The van der Waals surface area contributed by atoms with Crippen molar-refractivity contribution in [2.24, 2.45) is 5.73 Å². The van der Waals surface area contributed by atoms with Gasteiger partial charge < -0.3 is 5.73 Å². The maximum Gasteiger partial charge on any atom is 0.0931 e. The minimum absolute atomic E-state index is 0.689. The van der Waals surface area contributed by atoms with Crippen molar-refractivity contribution >= 4 is 22.7 Å². The normalized spacial score (nSPS) is 10.7. The Hall–Kier alpha value is -0.710. The first-order valence-corrected chi connectivity index (χ1v) is 6.80. The van der Waals surface area contributed by atoms with Crippen LogP contribution in [0.1, 0.15) is 15.6 Å². The van der Waals surface area contributed by atoms with E-state index in [9.17, 15) is 0 Å². The topological polar surface area (TPSA) is 38.9 Å². The zero-order valence-electron chi connectivity index (χ0n) is 8.48. The molecule has 4 heteroatoms. The predicted molar refractivity (Wildman–Crippen MR) is 66.6 cm³/mol. The summed E-state index contributed by atoms with van der Waals surface area (Å²) in [4.78, 5) is 5.98. The smallest absolute Gasteiger partial charge is 0.0931 e. The van der Waals surface area contributed by atoms with Crippen LogP contribution >= 0.6 is 22.7 Å². The Labute approximate surface area is 97.8 Å². The molecule has 0 atom stereocenters. The monoisotopic (exact) mass is 238 g/mol. The fourth-order valence-electron chi connectivity index (χ4n) is 1.41. The van der Waals surface area contributed by atoms with Crippen molar-refractivity contribution in [3.05, 3.63) is 38.5 Å². The lowest BCUT2D eigenvalue weighted by molar-refractivity contribution is 0.898. The van der Waals surface area contributed by atoms with E-state index in [1.807, 2.05) is 11.3 Å². The molecule has 0 bridgehead atoms. The zero-order valence-corrected chi connectivity index (χ0v) is 10.1. The second-order valence-electron chi connectivity index (χ2n) is 3.35. The van der Waals surface area contributed by atoms with Crippen LogP contribution in [-0.4, -0.2) is 11.5 Å². The summed E-state index contributed by atoms with van der Waals surface area (Å²) in [5.41, 5.74) is 6.63. The van der Waals surface area contributed by atoms with Crippen LogP contribution in [0.15, 0.2) is 22.9 Å². The first-order valence-electron chi connectivity index (χ1n) is 5.04. The summed E-state index contributed by atoms with van der Waals surface area (Å²) in [6, 6.07) is 4.28. The molecule has 2 N–H and O–H groups in total. The molecule has 2 heterocycles. The van der Waals surface area contributed by atoms with Gasteiger partial charge in [-0.2, -0.15) is 0 Å². The SMILES string of the molecule is NCCc1csc(CCc2cccs2)n1. The number of aryl methyl sites for hydroxylation is 2. The van der Waals surface area contributed by atoms with Gasteiger partial charge in [-0.25, -0.2) is 4.98 Å². The second-order valence-corrected chi connectivity index (χ2v) is 5.33. The summed E-state index contributed by atoms with van der Waals surface area (Å²) in [6.45, 7) is 0.689. The van der Waals surface area contributed by atoms with Crippen LogP contribution in [0.3, 0.4) is 0 Å². The van der Waals surface area contributed by atoms with Crippen molar-refractivity contribution in [1.29, 1.82) is 0 Å². The van der Waals surface area contributed by atoms with Gasteiger partial charge in [0.1, 0.15) is 0 Å². The molecule has 0 unspecified atom stereocenters. The molecule has 0 radical (unpaired) electrons. The number of hydrogen-bond donors (Lipinski definition) is 1. The Morgan fingerprint density at radius 1 is 1.20 bits per heavy atom. The van der Waals surface area contributed by atoms with Gasteiger partial charge in [0, 0.05) is 23.1 Å². The van der Waals surface area contributed by atoms with Gasteiger partial charge in [-0.15, -0.1) is 22.7 Å². The van der Waals surface area contributed by atoms with Gasteiger partial charge in [-0.3, -0.25) is 0 Å². The first kappa shape index (κ1) is 10.8. The van der Waals surface area contributed by atoms with Crippen molar-refractivity contribution in [1.82, 2.24) is 4.98 Å². The van der Waals surface area contributed by atoms with E-state index in [0.717, 1.165) is 25.0 Å². The molecule has 15 heavy (non-hydrogen) atoms. The van der Waals surface area contributed by atoms with Crippen molar-refractivity contribution in [2.45, 2.75) is 19.3 Å². The number of thiazole rings is 1. The zero-order chi connectivity index (χ0) is 10.5. The quantitative estimate of drug-likeness (QED) is 0.869. The Morgan fingerprint density at radius 3 is 2.87 bits per heavy atom. The number of nitrogens with two attached hydrogens (primary N) is 1. The van der Waals surface area contributed by atoms with Crippen molar-refractivity contribution in [3.8, 4) is 0 Å². The van der Waals surface area contributed by atoms with Crippen LogP contribution in [0.2, 0.25) is 0 Å². The van der Waals surface area contributed by atoms with E-state index in [1.54, 1.807) is 11.3 Å². The van der Waals surface area contributed by atoms with Crippen LogP contribution in [0.4, 0.5) is 0 Å². The van der Waals surface area contributed by atoms with Crippen LogP contribution < -0.4 is 5.73 Å². The lowest BCUT2D eigenvalue weighted by Crippen LogP contribution is -2.02. The minimum atomic E-state index is 0.689. The standard InChI is InChI=1S/C11H14N2S2/c12-6-5-9-8-15-11(13-9)4-3-10-2-1-7-14-10/h1-2,7-8H,3-6,12H2. The van der Waals surface area contributed by atoms with Crippen LogP contribution in [0.25, 0.3) is 0 Å². The third-order valence-corrected chi connectivity index (χ3v) is 4.06. The summed E-state index contributed by atoms with van der Waals surface area (Å²) in [5.74, 6) is 0. The van der Waals surface area contributed by atoms with Gasteiger partial charge in [0.15, 0.2) is 0 Å². The molecule has 0 aliphatic heterocycles. The minimum Gasteiger partial charge on any atom is -0.330 e. The van der Waals surface area contributed by atoms with E-state index in [1.165, 1.54) is 9.88 Å². The summed E-state index contributed by atoms with van der Waals surface area (Å²) < 4.78 is 0. The van der Waals surface area contributed by atoms with Gasteiger partial charge >= 0.3 is 0 Å². The largest absolute Gasteiger partial charge is 0.330 e. The summed E-state index contributed by atoms with van der Waals surface area (Å²) in [6.07, 6.45) is 3.05. The lowest BCUT2D eigenvalue weighted by Gasteiger charge is -1.93. The van der Waals surface area contributed by atoms with Gasteiger partial charge in [-0.05, 0) is 24.4 Å².